The lowest BCUT2D eigenvalue weighted by molar-refractivity contribution is 0.233. The molecule has 36 heavy (non-hydrogen) atoms. The first-order valence-corrected chi connectivity index (χ1v) is 13.0. The molecule has 1 aromatic carbocycles. The standard InChI is InChI=1S/C32H41NO3/c1-4-26(16-15-25(2)35)32(31(14-10-23-34)27-11-7-5-6-8-12-27)28-17-19-30(20-18-28)36-24-21-29-13-9-22-33(29)3/h4-7,11-12,15-20,29,34-35H,1,8-10,13-14,21-24H2,2-3H3/b25-15+,26-16+,32-31-. The van der Waals surface area contributed by atoms with E-state index in [1.54, 1.807) is 13.0 Å². The molecule has 4 heteroatoms. The lowest BCUT2D eigenvalue weighted by Crippen LogP contribution is -2.26. The van der Waals surface area contributed by atoms with Gasteiger partial charge in [0.1, 0.15) is 5.75 Å². The van der Waals surface area contributed by atoms with E-state index in [9.17, 15) is 10.2 Å². The van der Waals surface area contributed by atoms with Gasteiger partial charge in [-0.2, -0.15) is 0 Å². The van der Waals surface area contributed by atoms with Gasteiger partial charge in [0.05, 0.1) is 12.4 Å². The van der Waals surface area contributed by atoms with Crippen LogP contribution < -0.4 is 4.74 Å². The minimum Gasteiger partial charge on any atom is -0.513 e. The van der Waals surface area contributed by atoms with Crippen LogP contribution in [0.15, 0.2) is 102 Å². The highest BCUT2D eigenvalue weighted by Crippen LogP contribution is 2.36. The molecule has 1 aliphatic carbocycles. The fourth-order valence-corrected chi connectivity index (χ4v) is 4.83. The summed E-state index contributed by atoms with van der Waals surface area (Å²) in [5.41, 5.74) is 5.31. The summed E-state index contributed by atoms with van der Waals surface area (Å²) in [7, 11) is 2.20. The van der Waals surface area contributed by atoms with Gasteiger partial charge in [-0.05, 0) is 105 Å². The first-order valence-electron chi connectivity index (χ1n) is 13.0. The van der Waals surface area contributed by atoms with Crippen LogP contribution in [0, 0.1) is 0 Å². The molecule has 2 aliphatic rings. The van der Waals surface area contributed by atoms with E-state index < -0.39 is 0 Å². The molecule has 1 fully saturated rings. The molecule has 0 spiro atoms. The lowest BCUT2D eigenvalue weighted by Gasteiger charge is -2.20. The second kappa shape index (κ2) is 14.5. The summed E-state index contributed by atoms with van der Waals surface area (Å²) in [6.45, 7) is 7.74. The topological polar surface area (TPSA) is 52.9 Å². The van der Waals surface area contributed by atoms with Crippen LogP contribution in [0.3, 0.4) is 0 Å². The molecule has 0 radical (unpaired) electrons. The Balaban J connectivity index is 1.96. The van der Waals surface area contributed by atoms with E-state index >= 15 is 0 Å². The van der Waals surface area contributed by atoms with Gasteiger partial charge < -0.3 is 19.8 Å². The van der Waals surface area contributed by atoms with Crippen LogP contribution in [0.2, 0.25) is 0 Å². The Morgan fingerprint density at radius 3 is 2.67 bits per heavy atom. The zero-order valence-electron chi connectivity index (χ0n) is 21.8. The molecule has 1 aliphatic heterocycles. The van der Waals surface area contributed by atoms with Crippen LogP contribution in [0.5, 0.6) is 5.75 Å². The van der Waals surface area contributed by atoms with Crippen molar-refractivity contribution in [2.75, 3.05) is 26.8 Å². The third kappa shape index (κ3) is 7.97. The number of allylic oxidation sites excluding steroid dienone is 13. The Morgan fingerprint density at radius 1 is 1.19 bits per heavy atom. The van der Waals surface area contributed by atoms with E-state index in [1.807, 2.05) is 24.3 Å². The Kier molecular flexibility index (Phi) is 11.1. The number of aliphatic hydroxyl groups excluding tert-OH is 2. The van der Waals surface area contributed by atoms with Gasteiger partial charge in [-0.15, -0.1) is 0 Å². The molecule has 4 nitrogen and oxygen atoms in total. The average Bonchev–Trinajstić information content (AvgIpc) is 3.11. The monoisotopic (exact) mass is 487 g/mol. The van der Waals surface area contributed by atoms with Gasteiger partial charge in [0.15, 0.2) is 0 Å². The zero-order chi connectivity index (χ0) is 25.8. The zero-order valence-corrected chi connectivity index (χ0v) is 21.8. The van der Waals surface area contributed by atoms with Crippen molar-refractivity contribution in [1.29, 1.82) is 0 Å². The number of nitrogens with zero attached hydrogens (tertiary/aromatic N) is 1. The van der Waals surface area contributed by atoms with E-state index in [-0.39, 0.29) is 12.4 Å². The molecule has 192 valence electrons. The molecule has 1 atom stereocenters. The molecular weight excluding hydrogens is 446 g/mol. The third-order valence-corrected chi connectivity index (χ3v) is 6.78. The van der Waals surface area contributed by atoms with Gasteiger partial charge in [-0.1, -0.05) is 61.2 Å². The van der Waals surface area contributed by atoms with Crippen LogP contribution >= 0.6 is 0 Å². The highest BCUT2D eigenvalue weighted by Gasteiger charge is 2.20. The number of hydrogen-bond acceptors (Lipinski definition) is 4. The highest BCUT2D eigenvalue weighted by atomic mass is 16.5. The first kappa shape index (κ1) is 27.5. The Hall–Kier alpha value is -3.08. The number of benzene rings is 1. The smallest absolute Gasteiger partial charge is 0.119 e. The number of hydrogen-bond donors (Lipinski definition) is 2. The quantitative estimate of drug-likeness (QED) is 0.244. The molecule has 1 saturated heterocycles. The minimum absolute atomic E-state index is 0.123. The molecule has 0 saturated carbocycles. The molecule has 3 rings (SSSR count). The summed E-state index contributed by atoms with van der Waals surface area (Å²) < 4.78 is 6.09. The maximum absolute atomic E-state index is 9.81. The predicted molar refractivity (Wildman–Crippen MR) is 151 cm³/mol. The Labute approximate surface area is 217 Å². The van der Waals surface area contributed by atoms with E-state index in [0.717, 1.165) is 52.9 Å². The van der Waals surface area contributed by atoms with Crippen LogP contribution in [-0.2, 0) is 0 Å². The largest absolute Gasteiger partial charge is 0.513 e. The molecular formula is C32H41NO3. The molecule has 0 amide bonds. The SMILES string of the molecule is C=CC(=C\C=C(/C)O)/C(=C(\CCCO)C1=CCC=CC=C1)c1ccc(OCCC2CCCN2C)cc1. The Bertz CT molecular complexity index is 1050. The van der Waals surface area contributed by atoms with Crippen molar-refractivity contribution in [2.45, 2.75) is 51.5 Å². The van der Waals surface area contributed by atoms with Gasteiger partial charge in [0.25, 0.3) is 0 Å². The van der Waals surface area contributed by atoms with Crippen molar-refractivity contribution < 1.29 is 14.9 Å². The van der Waals surface area contributed by atoms with Gasteiger partial charge in [0, 0.05) is 12.6 Å². The van der Waals surface area contributed by atoms with Gasteiger partial charge >= 0.3 is 0 Å². The fraction of sp³-hybridized carbons (Fsp3) is 0.375. The van der Waals surface area contributed by atoms with Crippen molar-refractivity contribution in [3.63, 3.8) is 0 Å². The highest BCUT2D eigenvalue weighted by molar-refractivity contribution is 5.87. The fourth-order valence-electron chi connectivity index (χ4n) is 4.83. The third-order valence-electron chi connectivity index (χ3n) is 6.78. The summed E-state index contributed by atoms with van der Waals surface area (Å²) in [5, 5.41) is 19.4. The summed E-state index contributed by atoms with van der Waals surface area (Å²) >= 11 is 0. The van der Waals surface area contributed by atoms with Crippen molar-refractivity contribution in [1.82, 2.24) is 4.90 Å². The molecule has 1 unspecified atom stereocenters. The molecule has 2 N–H and O–H groups in total. The summed E-state index contributed by atoms with van der Waals surface area (Å²) in [4.78, 5) is 2.43. The van der Waals surface area contributed by atoms with Crippen molar-refractivity contribution >= 4 is 5.57 Å². The summed E-state index contributed by atoms with van der Waals surface area (Å²) in [5.74, 6) is 1.10. The van der Waals surface area contributed by atoms with Gasteiger partial charge in [-0.25, -0.2) is 0 Å². The predicted octanol–water partition coefficient (Wildman–Crippen LogP) is 7.09. The van der Waals surface area contributed by atoms with Gasteiger partial charge in [-0.3, -0.25) is 0 Å². The van der Waals surface area contributed by atoms with E-state index in [4.69, 9.17) is 4.74 Å². The maximum atomic E-state index is 9.81. The summed E-state index contributed by atoms with van der Waals surface area (Å²) in [6, 6.07) is 8.87. The second-order valence-electron chi connectivity index (χ2n) is 9.44. The van der Waals surface area contributed by atoms with E-state index in [2.05, 4.69) is 61.0 Å². The number of ether oxygens (including phenoxy) is 1. The second-order valence-corrected chi connectivity index (χ2v) is 9.44. The molecule has 0 bridgehead atoms. The number of rotatable bonds is 12. The van der Waals surface area contributed by atoms with Crippen LogP contribution in [0.1, 0.15) is 51.0 Å². The maximum Gasteiger partial charge on any atom is 0.119 e. The number of likely N-dealkylation sites (tertiary alicyclic amines) is 1. The Morgan fingerprint density at radius 2 is 2.00 bits per heavy atom. The van der Waals surface area contributed by atoms with Crippen molar-refractivity contribution in [3.05, 3.63) is 107 Å². The summed E-state index contributed by atoms with van der Waals surface area (Å²) in [6.07, 6.45) is 21.8. The first-order chi connectivity index (χ1) is 17.5. The number of aliphatic hydroxyl groups is 2. The van der Waals surface area contributed by atoms with Crippen LogP contribution in [0.25, 0.3) is 5.57 Å². The normalized spacial score (nSPS) is 19.6. The molecule has 1 aromatic rings. The lowest BCUT2D eigenvalue weighted by atomic mass is 9.86. The van der Waals surface area contributed by atoms with Crippen LogP contribution in [0.4, 0.5) is 0 Å². The van der Waals surface area contributed by atoms with Crippen molar-refractivity contribution in [2.24, 2.45) is 0 Å². The minimum atomic E-state index is 0.123. The van der Waals surface area contributed by atoms with E-state index in [1.165, 1.54) is 19.4 Å². The molecule has 0 aromatic heterocycles. The van der Waals surface area contributed by atoms with Crippen LogP contribution in [-0.4, -0.2) is 48.0 Å². The molecule has 1 heterocycles. The van der Waals surface area contributed by atoms with Gasteiger partial charge in [0.2, 0.25) is 0 Å². The van der Waals surface area contributed by atoms with E-state index in [0.29, 0.717) is 19.1 Å². The average molecular weight is 488 g/mol. The van der Waals surface area contributed by atoms with Crippen molar-refractivity contribution in [3.8, 4) is 5.75 Å².